The fourth-order valence-corrected chi connectivity index (χ4v) is 2.14. The first-order chi connectivity index (χ1) is 6.65. The van der Waals surface area contributed by atoms with Crippen LogP contribution in [0.5, 0.6) is 0 Å². The topological polar surface area (TPSA) is 58.6 Å². The molecule has 1 aromatic rings. The van der Waals surface area contributed by atoms with E-state index >= 15 is 0 Å². The fourth-order valence-electron chi connectivity index (χ4n) is 1.24. The third-order valence-electron chi connectivity index (χ3n) is 2.08. The van der Waals surface area contributed by atoms with Gasteiger partial charge in [0.1, 0.15) is 0 Å². The van der Waals surface area contributed by atoms with E-state index < -0.39 is 0 Å². The molecular weight excluding hydrogens is 196 g/mol. The van der Waals surface area contributed by atoms with E-state index in [0.29, 0.717) is 5.92 Å². The molecule has 78 valence electrons. The van der Waals surface area contributed by atoms with E-state index in [9.17, 15) is 0 Å². The number of hydrogen-bond acceptors (Lipinski definition) is 3. The van der Waals surface area contributed by atoms with Crippen LogP contribution in [0, 0.1) is 5.92 Å². The van der Waals surface area contributed by atoms with Gasteiger partial charge < -0.3 is 10.9 Å². The SMILES string of the molecule is CC(C)CCc1sccc1C(N)=NO. The van der Waals surface area contributed by atoms with Gasteiger partial charge in [0.15, 0.2) is 5.84 Å². The summed E-state index contributed by atoms with van der Waals surface area (Å²) in [6.45, 7) is 4.38. The molecule has 1 heterocycles. The Morgan fingerprint density at radius 1 is 1.64 bits per heavy atom. The van der Waals surface area contributed by atoms with Crippen LogP contribution in [0.1, 0.15) is 30.7 Å². The molecule has 0 aliphatic heterocycles. The van der Waals surface area contributed by atoms with E-state index in [1.807, 2.05) is 11.4 Å². The van der Waals surface area contributed by atoms with Crippen molar-refractivity contribution in [2.45, 2.75) is 26.7 Å². The highest BCUT2D eigenvalue weighted by molar-refractivity contribution is 7.10. The first-order valence-electron chi connectivity index (χ1n) is 4.69. The van der Waals surface area contributed by atoms with Crippen molar-refractivity contribution in [3.05, 3.63) is 21.9 Å². The van der Waals surface area contributed by atoms with E-state index in [1.165, 1.54) is 4.88 Å². The van der Waals surface area contributed by atoms with Crippen LogP contribution >= 0.6 is 11.3 Å². The first-order valence-corrected chi connectivity index (χ1v) is 5.57. The maximum absolute atomic E-state index is 8.58. The number of nitrogens with two attached hydrogens (primary N) is 1. The minimum absolute atomic E-state index is 0.213. The van der Waals surface area contributed by atoms with Gasteiger partial charge >= 0.3 is 0 Å². The molecule has 0 saturated carbocycles. The molecule has 0 bridgehead atoms. The molecule has 1 aromatic heterocycles. The minimum Gasteiger partial charge on any atom is -0.409 e. The highest BCUT2D eigenvalue weighted by Gasteiger charge is 2.08. The highest BCUT2D eigenvalue weighted by Crippen LogP contribution is 2.20. The van der Waals surface area contributed by atoms with Crippen LogP contribution in [0.4, 0.5) is 0 Å². The highest BCUT2D eigenvalue weighted by atomic mass is 32.1. The van der Waals surface area contributed by atoms with Crippen LogP contribution in [0.3, 0.4) is 0 Å². The molecule has 0 saturated heterocycles. The summed E-state index contributed by atoms with van der Waals surface area (Å²) >= 11 is 1.66. The van der Waals surface area contributed by atoms with Gasteiger partial charge in [-0.1, -0.05) is 19.0 Å². The number of aryl methyl sites for hydroxylation is 1. The predicted octanol–water partition coefficient (Wildman–Crippen LogP) is 2.43. The third kappa shape index (κ3) is 2.73. The van der Waals surface area contributed by atoms with Crippen molar-refractivity contribution >= 4 is 17.2 Å². The molecule has 14 heavy (non-hydrogen) atoms. The summed E-state index contributed by atoms with van der Waals surface area (Å²) < 4.78 is 0. The average molecular weight is 212 g/mol. The summed E-state index contributed by atoms with van der Waals surface area (Å²) in [7, 11) is 0. The lowest BCUT2D eigenvalue weighted by Gasteiger charge is -2.04. The molecule has 1 rings (SSSR count). The molecule has 3 N–H and O–H groups in total. The molecule has 0 aliphatic carbocycles. The molecule has 0 atom stereocenters. The molecule has 0 amide bonds. The van der Waals surface area contributed by atoms with Crippen molar-refractivity contribution < 1.29 is 5.21 Å². The van der Waals surface area contributed by atoms with E-state index in [4.69, 9.17) is 10.9 Å². The van der Waals surface area contributed by atoms with Gasteiger partial charge in [-0.15, -0.1) is 11.3 Å². The zero-order valence-electron chi connectivity index (χ0n) is 8.53. The van der Waals surface area contributed by atoms with Gasteiger partial charge in [-0.2, -0.15) is 0 Å². The van der Waals surface area contributed by atoms with Gasteiger partial charge in [-0.25, -0.2) is 0 Å². The zero-order valence-corrected chi connectivity index (χ0v) is 9.34. The van der Waals surface area contributed by atoms with Gasteiger partial charge in [0.05, 0.1) is 0 Å². The molecule has 0 radical (unpaired) electrons. The summed E-state index contributed by atoms with van der Waals surface area (Å²) in [5.74, 6) is 0.891. The van der Waals surface area contributed by atoms with Crippen LogP contribution in [0.2, 0.25) is 0 Å². The molecule has 3 nitrogen and oxygen atoms in total. The van der Waals surface area contributed by atoms with E-state index in [2.05, 4.69) is 19.0 Å². The Morgan fingerprint density at radius 2 is 2.36 bits per heavy atom. The number of hydrogen-bond donors (Lipinski definition) is 2. The molecule has 0 unspecified atom stereocenters. The predicted molar refractivity (Wildman–Crippen MR) is 60.0 cm³/mol. The standard InChI is InChI=1S/C10H16N2OS/c1-7(2)3-4-9-8(5-6-14-9)10(11)12-13/h5-7,13H,3-4H2,1-2H3,(H2,11,12). The Hall–Kier alpha value is -1.03. The maximum atomic E-state index is 8.58. The summed E-state index contributed by atoms with van der Waals surface area (Å²) in [6.07, 6.45) is 2.13. The smallest absolute Gasteiger partial charge is 0.171 e. The normalized spacial score (nSPS) is 12.4. The Labute approximate surface area is 88.2 Å². The number of oxime groups is 1. The van der Waals surface area contributed by atoms with Crippen molar-refractivity contribution in [1.82, 2.24) is 0 Å². The molecule has 0 fully saturated rings. The molecule has 0 aliphatic rings. The monoisotopic (exact) mass is 212 g/mol. The molecule has 0 spiro atoms. The summed E-state index contributed by atoms with van der Waals surface area (Å²) in [5, 5.41) is 13.6. The summed E-state index contributed by atoms with van der Waals surface area (Å²) in [5.41, 5.74) is 6.43. The second kappa shape index (κ2) is 5.00. The average Bonchev–Trinajstić information content (AvgIpc) is 2.61. The molecule has 0 aromatic carbocycles. The number of thiophene rings is 1. The first kappa shape index (κ1) is 11.0. The van der Waals surface area contributed by atoms with Gasteiger partial charge in [-0.05, 0) is 30.2 Å². The fraction of sp³-hybridized carbons (Fsp3) is 0.500. The van der Waals surface area contributed by atoms with Crippen LogP contribution < -0.4 is 5.73 Å². The zero-order chi connectivity index (χ0) is 10.6. The van der Waals surface area contributed by atoms with Crippen LogP contribution in [-0.2, 0) is 6.42 Å². The maximum Gasteiger partial charge on any atom is 0.171 e. The summed E-state index contributed by atoms with van der Waals surface area (Å²) in [6, 6.07) is 1.90. The number of rotatable bonds is 4. The van der Waals surface area contributed by atoms with E-state index in [0.717, 1.165) is 18.4 Å². The van der Waals surface area contributed by atoms with Crippen LogP contribution in [0.25, 0.3) is 0 Å². The van der Waals surface area contributed by atoms with E-state index in [1.54, 1.807) is 11.3 Å². The van der Waals surface area contributed by atoms with Crippen molar-refractivity contribution in [3.63, 3.8) is 0 Å². The van der Waals surface area contributed by atoms with Crippen molar-refractivity contribution in [3.8, 4) is 0 Å². The Morgan fingerprint density at radius 3 is 2.93 bits per heavy atom. The minimum atomic E-state index is 0.213. The van der Waals surface area contributed by atoms with Gasteiger partial charge in [0.2, 0.25) is 0 Å². The Bertz CT molecular complexity index is 318. The largest absolute Gasteiger partial charge is 0.409 e. The van der Waals surface area contributed by atoms with Crippen LogP contribution in [0.15, 0.2) is 16.6 Å². The molecule has 4 heteroatoms. The summed E-state index contributed by atoms with van der Waals surface area (Å²) in [4.78, 5) is 1.20. The van der Waals surface area contributed by atoms with Gasteiger partial charge in [-0.3, -0.25) is 0 Å². The van der Waals surface area contributed by atoms with Gasteiger partial charge in [0.25, 0.3) is 0 Å². The lowest BCUT2D eigenvalue weighted by Crippen LogP contribution is -2.14. The molecular formula is C10H16N2OS. The Kier molecular flexibility index (Phi) is 3.95. The van der Waals surface area contributed by atoms with Crippen molar-refractivity contribution in [1.29, 1.82) is 0 Å². The number of nitrogens with zero attached hydrogens (tertiary/aromatic N) is 1. The quantitative estimate of drug-likeness (QED) is 0.348. The second-order valence-electron chi connectivity index (χ2n) is 3.68. The second-order valence-corrected chi connectivity index (χ2v) is 4.68. The van der Waals surface area contributed by atoms with E-state index in [-0.39, 0.29) is 5.84 Å². The Balaban J connectivity index is 2.73. The number of amidine groups is 1. The third-order valence-corrected chi connectivity index (χ3v) is 3.06. The lowest BCUT2D eigenvalue weighted by molar-refractivity contribution is 0.318. The van der Waals surface area contributed by atoms with Gasteiger partial charge in [0, 0.05) is 10.4 Å². The van der Waals surface area contributed by atoms with Crippen LogP contribution in [-0.4, -0.2) is 11.0 Å². The van der Waals surface area contributed by atoms with Crippen molar-refractivity contribution in [2.24, 2.45) is 16.8 Å². The lowest BCUT2D eigenvalue weighted by atomic mass is 10.1. The van der Waals surface area contributed by atoms with Crippen molar-refractivity contribution in [2.75, 3.05) is 0 Å².